The van der Waals surface area contributed by atoms with Crippen LogP contribution in [0.4, 0.5) is 11.6 Å². The molecule has 0 unspecified atom stereocenters. The number of rotatable bonds is 5. The van der Waals surface area contributed by atoms with E-state index in [0.29, 0.717) is 17.5 Å². The molecule has 0 atom stereocenters. The van der Waals surface area contributed by atoms with Gasteiger partial charge in [0.05, 0.1) is 4.92 Å². The lowest BCUT2D eigenvalue weighted by Gasteiger charge is -2.08. The van der Waals surface area contributed by atoms with Crippen molar-refractivity contribution in [2.45, 2.75) is 30.7 Å². The van der Waals surface area contributed by atoms with Gasteiger partial charge in [-0.05, 0) is 32.4 Å². The molecular formula is C14H16N4O2S. The molecule has 0 aliphatic heterocycles. The molecule has 0 aliphatic rings. The summed E-state index contributed by atoms with van der Waals surface area (Å²) in [5.74, 6) is 0.398. The number of hydrogen-bond acceptors (Lipinski definition) is 6. The predicted octanol–water partition coefficient (Wildman–Crippen LogP) is 3.58. The second-order valence-corrected chi connectivity index (χ2v) is 5.57. The van der Waals surface area contributed by atoms with Crippen LogP contribution in [-0.4, -0.2) is 21.4 Å². The van der Waals surface area contributed by atoms with Crippen LogP contribution in [0.15, 0.2) is 34.3 Å². The Kier molecular flexibility index (Phi) is 4.74. The maximum absolute atomic E-state index is 11.1. The molecule has 2 rings (SSSR count). The summed E-state index contributed by atoms with van der Waals surface area (Å²) in [6.45, 7) is 6.57. The minimum Gasteiger partial charge on any atom is -0.354 e. The average molecular weight is 304 g/mol. The van der Waals surface area contributed by atoms with E-state index in [1.807, 2.05) is 39.0 Å². The largest absolute Gasteiger partial charge is 0.354 e. The highest BCUT2D eigenvalue weighted by molar-refractivity contribution is 7.99. The fraction of sp³-hybridized carbons (Fsp3) is 0.286. The number of nitrogens with zero attached hydrogens (tertiary/aromatic N) is 3. The molecule has 0 radical (unpaired) electrons. The van der Waals surface area contributed by atoms with Crippen LogP contribution in [0.3, 0.4) is 0 Å². The Morgan fingerprint density at radius 1 is 1.38 bits per heavy atom. The molecule has 7 heteroatoms. The van der Waals surface area contributed by atoms with Crippen molar-refractivity contribution in [1.29, 1.82) is 0 Å². The minimum atomic E-state index is -0.457. The quantitative estimate of drug-likeness (QED) is 0.516. The highest BCUT2D eigenvalue weighted by Crippen LogP contribution is 2.35. The molecule has 0 saturated heterocycles. The van der Waals surface area contributed by atoms with E-state index in [0.717, 1.165) is 16.0 Å². The smallest absolute Gasteiger partial charge is 0.320 e. The zero-order valence-corrected chi connectivity index (χ0v) is 12.9. The van der Waals surface area contributed by atoms with Crippen molar-refractivity contribution in [3.8, 4) is 0 Å². The molecule has 1 aromatic heterocycles. The van der Waals surface area contributed by atoms with Gasteiger partial charge in [-0.3, -0.25) is 10.1 Å². The first kappa shape index (κ1) is 15.2. The summed E-state index contributed by atoms with van der Waals surface area (Å²) < 4.78 is 0. The van der Waals surface area contributed by atoms with Crippen LogP contribution < -0.4 is 5.32 Å². The Bertz CT molecular complexity index is 676. The van der Waals surface area contributed by atoms with E-state index in [4.69, 9.17) is 0 Å². The van der Waals surface area contributed by atoms with Crippen molar-refractivity contribution in [2.75, 3.05) is 11.9 Å². The second-order valence-electron chi connectivity index (χ2n) is 4.54. The number of benzene rings is 1. The molecule has 2 aromatic rings. The van der Waals surface area contributed by atoms with Gasteiger partial charge >= 0.3 is 5.69 Å². The zero-order chi connectivity index (χ0) is 15.4. The van der Waals surface area contributed by atoms with E-state index in [2.05, 4.69) is 15.3 Å². The van der Waals surface area contributed by atoms with Crippen LogP contribution in [0.2, 0.25) is 0 Å². The normalized spacial score (nSPS) is 10.4. The molecule has 0 fully saturated rings. The fourth-order valence-electron chi connectivity index (χ4n) is 1.82. The maximum atomic E-state index is 11.1. The SMILES string of the molecule is CCNc1ncc([N+](=O)[O-])c(Sc2ccc(C)cc2C)n1. The highest BCUT2D eigenvalue weighted by atomic mass is 32.2. The third-order valence-corrected chi connectivity index (χ3v) is 3.98. The van der Waals surface area contributed by atoms with Gasteiger partial charge in [-0.25, -0.2) is 4.98 Å². The van der Waals surface area contributed by atoms with Gasteiger partial charge in [0.25, 0.3) is 0 Å². The lowest BCUT2D eigenvalue weighted by atomic mass is 10.2. The monoisotopic (exact) mass is 304 g/mol. The van der Waals surface area contributed by atoms with Gasteiger partial charge < -0.3 is 5.32 Å². The minimum absolute atomic E-state index is 0.0818. The van der Waals surface area contributed by atoms with Crippen LogP contribution in [0.1, 0.15) is 18.1 Å². The Hall–Kier alpha value is -2.15. The van der Waals surface area contributed by atoms with Crippen molar-refractivity contribution in [2.24, 2.45) is 0 Å². The van der Waals surface area contributed by atoms with Crippen LogP contribution in [0.25, 0.3) is 0 Å². The van der Waals surface area contributed by atoms with E-state index in [1.165, 1.54) is 18.0 Å². The molecule has 1 heterocycles. The Morgan fingerprint density at radius 3 is 2.76 bits per heavy atom. The summed E-state index contributed by atoms with van der Waals surface area (Å²) in [6, 6.07) is 5.97. The molecule has 1 N–H and O–H groups in total. The van der Waals surface area contributed by atoms with Crippen molar-refractivity contribution in [3.05, 3.63) is 45.6 Å². The van der Waals surface area contributed by atoms with E-state index >= 15 is 0 Å². The molecule has 0 amide bonds. The molecule has 0 spiro atoms. The number of nitro groups is 1. The first-order valence-electron chi connectivity index (χ1n) is 6.51. The first-order chi connectivity index (χ1) is 10.0. The maximum Gasteiger partial charge on any atom is 0.320 e. The van der Waals surface area contributed by atoms with E-state index in [1.54, 1.807) is 0 Å². The standard InChI is InChI=1S/C14H16N4O2S/c1-4-15-14-16-8-11(18(19)20)13(17-14)21-12-6-5-9(2)7-10(12)3/h5-8H,4H2,1-3H3,(H,15,16,17). The van der Waals surface area contributed by atoms with Gasteiger partial charge in [0.15, 0.2) is 5.03 Å². The summed E-state index contributed by atoms with van der Waals surface area (Å²) >= 11 is 1.29. The van der Waals surface area contributed by atoms with Crippen LogP contribution in [-0.2, 0) is 0 Å². The average Bonchev–Trinajstić information content (AvgIpc) is 2.42. The summed E-state index contributed by atoms with van der Waals surface area (Å²) in [7, 11) is 0. The number of aryl methyl sites for hydroxylation is 2. The Balaban J connectivity index is 2.40. The fourth-order valence-corrected chi connectivity index (χ4v) is 2.75. The molecule has 6 nitrogen and oxygen atoms in total. The molecule has 110 valence electrons. The van der Waals surface area contributed by atoms with Crippen molar-refractivity contribution < 1.29 is 4.92 Å². The lowest BCUT2D eigenvalue weighted by molar-refractivity contribution is -0.388. The molecule has 0 aliphatic carbocycles. The molecule has 0 saturated carbocycles. The molecule has 1 aromatic carbocycles. The number of anilines is 1. The first-order valence-corrected chi connectivity index (χ1v) is 7.33. The van der Waals surface area contributed by atoms with Gasteiger partial charge in [0.1, 0.15) is 6.20 Å². The number of hydrogen-bond donors (Lipinski definition) is 1. The van der Waals surface area contributed by atoms with Gasteiger partial charge in [-0.2, -0.15) is 4.98 Å². The Labute approximate surface area is 127 Å². The summed E-state index contributed by atoms with van der Waals surface area (Å²) in [6.07, 6.45) is 1.25. The van der Waals surface area contributed by atoms with Gasteiger partial charge in [-0.15, -0.1) is 0 Å². The summed E-state index contributed by atoms with van der Waals surface area (Å²) in [5, 5.41) is 14.4. The number of aromatic nitrogens is 2. The highest BCUT2D eigenvalue weighted by Gasteiger charge is 2.19. The third kappa shape index (κ3) is 3.69. The lowest BCUT2D eigenvalue weighted by Crippen LogP contribution is -2.04. The van der Waals surface area contributed by atoms with Gasteiger partial charge in [0, 0.05) is 11.4 Å². The van der Waals surface area contributed by atoms with Crippen molar-refractivity contribution in [1.82, 2.24) is 9.97 Å². The van der Waals surface area contributed by atoms with Gasteiger partial charge in [-0.1, -0.05) is 29.5 Å². The van der Waals surface area contributed by atoms with E-state index in [-0.39, 0.29) is 5.69 Å². The second kappa shape index (κ2) is 6.53. The molecular weight excluding hydrogens is 288 g/mol. The topological polar surface area (TPSA) is 81.0 Å². The van der Waals surface area contributed by atoms with Gasteiger partial charge in [0.2, 0.25) is 5.95 Å². The summed E-state index contributed by atoms with van der Waals surface area (Å²) in [5.41, 5.74) is 2.14. The van der Waals surface area contributed by atoms with Crippen LogP contribution >= 0.6 is 11.8 Å². The van der Waals surface area contributed by atoms with Crippen molar-refractivity contribution >= 4 is 23.4 Å². The van der Waals surface area contributed by atoms with Crippen molar-refractivity contribution in [3.63, 3.8) is 0 Å². The zero-order valence-electron chi connectivity index (χ0n) is 12.1. The predicted molar refractivity (Wildman–Crippen MR) is 82.9 cm³/mol. The van der Waals surface area contributed by atoms with Crippen LogP contribution in [0.5, 0.6) is 0 Å². The van der Waals surface area contributed by atoms with E-state index in [9.17, 15) is 10.1 Å². The van der Waals surface area contributed by atoms with Crippen LogP contribution in [0, 0.1) is 24.0 Å². The molecule has 0 bridgehead atoms. The van der Waals surface area contributed by atoms with E-state index < -0.39 is 4.92 Å². The molecule has 21 heavy (non-hydrogen) atoms. The Morgan fingerprint density at radius 2 is 2.14 bits per heavy atom. The third-order valence-electron chi connectivity index (χ3n) is 2.80. The summed E-state index contributed by atoms with van der Waals surface area (Å²) in [4.78, 5) is 19.8. The number of nitrogens with one attached hydrogen (secondary N) is 1.